The lowest BCUT2D eigenvalue weighted by Crippen LogP contribution is -2.54. The van der Waals surface area contributed by atoms with E-state index in [1.54, 1.807) is 0 Å². The van der Waals surface area contributed by atoms with Gasteiger partial charge in [-0.3, -0.25) is 9.69 Å². The Hall–Kier alpha value is -0.610. The highest BCUT2D eigenvalue weighted by molar-refractivity contribution is 5.79. The third-order valence-electron chi connectivity index (χ3n) is 3.28. The van der Waals surface area contributed by atoms with Crippen molar-refractivity contribution in [1.29, 1.82) is 0 Å². The van der Waals surface area contributed by atoms with Gasteiger partial charge in [0.15, 0.2) is 0 Å². The van der Waals surface area contributed by atoms with Gasteiger partial charge in [-0.05, 0) is 38.8 Å². The van der Waals surface area contributed by atoms with E-state index >= 15 is 0 Å². The number of carbonyl (C=O) groups excluding carboxylic acids is 1. The molecule has 0 spiro atoms. The van der Waals surface area contributed by atoms with Crippen molar-refractivity contribution in [3.8, 4) is 0 Å². The number of hydrogen-bond acceptors (Lipinski definition) is 3. The van der Waals surface area contributed by atoms with Crippen molar-refractivity contribution in [2.24, 2.45) is 5.92 Å². The molecular weight excluding hydrogens is 190 g/mol. The Kier molecular flexibility index (Phi) is 3.59. The van der Waals surface area contributed by atoms with E-state index in [1.807, 2.05) is 0 Å². The van der Waals surface area contributed by atoms with Crippen LogP contribution < -0.4 is 10.6 Å². The van der Waals surface area contributed by atoms with Crippen LogP contribution in [0.1, 0.15) is 19.8 Å². The maximum atomic E-state index is 11.4. The molecule has 86 valence electrons. The molecule has 2 heterocycles. The molecule has 0 aromatic heterocycles. The number of carbonyl (C=O) groups is 1. The van der Waals surface area contributed by atoms with Crippen molar-refractivity contribution in [3.05, 3.63) is 0 Å². The summed E-state index contributed by atoms with van der Waals surface area (Å²) in [5.41, 5.74) is 0. The summed E-state index contributed by atoms with van der Waals surface area (Å²) in [7, 11) is 0. The minimum Gasteiger partial charge on any atom is -0.351 e. The monoisotopic (exact) mass is 211 g/mol. The number of rotatable bonds is 2. The standard InChI is InChI=1S/C11H21N3O/c1-9-6-14(8-11(15)13-9)7-10-2-4-12-5-3-10/h9-10,12H,2-8H2,1H3,(H,13,15). The van der Waals surface area contributed by atoms with Gasteiger partial charge < -0.3 is 10.6 Å². The lowest BCUT2D eigenvalue weighted by atomic mass is 9.97. The van der Waals surface area contributed by atoms with Gasteiger partial charge in [0.25, 0.3) is 0 Å². The van der Waals surface area contributed by atoms with E-state index < -0.39 is 0 Å². The Labute approximate surface area is 91.4 Å². The van der Waals surface area contributed by atoms with Crippen molar-refractivity contribution >= 4 is 5.91 Å². The van der Waals surface area contributed by atoms with Crippen LogP contribution in [0, 0.1) is 5.92 Å². The molecule has 2 N–H and O–H groups in total. The molecular formula is C11H21N3O. The maximum Gasteiger partial charge on any atom is 0.234 e. The number of piperidine rings is 1. The Morgan fingerprint density at radius 1 is 1.40 bits per heavy atom. The van der Waals surface area contributed by atoms with E-state index in [4.69, 9.17) is 0 Å². The molecule has 1 unspecified atom stereocenters. The van der Waals surface area contributed by atoms with E-state index in [2.05, 4.69) is 22.5 Å². The maximum absolute atomic E-state index is 11.4. The molecule has 2 rings (SSSR count). The zero-order valence-electron chi connectivity index (χ0n) is 9.46. The molecule has 4 heteroatoms. The first-order chi connectivity index (χ1) is 7.24. The van der Waals surface area contributed by atoms with Crippen LogP contribution in [-0.4, -0.2) is 49.6 Å². The van der Waals surface area contributed by atoms with E-state index in [0.29, 0.717) is 12.6 Å². The molecule has 1 atom stereocenters. The van der Waals surface area contributed by atoms with Crippen molar-refractivity contribution in [1.82, 2.24) is 15.5 Å². The van der Waals surface area contributed by atoms with Gasteiger partial charge in [0.2, 0.25) is 5.91 Å². The van der Waals surface area contributed by atoms with Gasteiger partial charge in [0.1, 0.15) is 0 Å². The zero-order chi connectivity index (χ0) is 10.7. The van der Waals surface area contributed by atoms with Gasteiger partial charge >= 0.3 is 0 Å². The second kappa shape index (κ2) is 4.94. The van der Waals surface area contributed by atoms with Gasteiger partial charge in [-0.2, -0.15) is 0 Å². The van der Waals surface area contributed by atoms with Crippen LogP contribution in [0.15, 0.2) is 0 Å². The second-order valence-corrected chi connectivity index (χ2v) is 4.86. The normalized spacial score (nSPS) is 30.2. The Morgan fingerprint density at radius 3 is 2.80 bits per heavy atom. The molecule has 2 fully saturated rings. The van der Waals surface area contributed by atoms with Crippen molar-refractivity contribution in [2.75, 3.05) is 32.7 Å². The van der Waals surface area contributed by atoms with Crippen LogP contribution in [0.2, 0.25) is 0 Å². The fourth-order valence-corrected chi connectivity index (χ4v) is 2.59. The minimum atomic E-state index is 0.183. The van der Waals surface area contributed by atoms with Gasteiger partial charge in [-0.15, -0.1) is 0 Å². The Morgan fingerprint density at radius 2 is 2.13 bits per heavy atom. The smallest absolute Gasteiger partial charge is 0.234 e. The largest absolute Gasteiger partial charge is 0.351 e. The summed E-state index contributed by atoms with van der Waals surface area (Å²) < 4.78 is 0. The highest BCUT2D eigenvalue weighted by atomic mass is 16.2. The molecule has 0 bridgehead atoms. The number of amides is 1. The van der Waals surface area contributed by atoms with Crippen LogP contribution in [0.25, 0.3) is 0 Å². The lowest BCUT2D eigenvalue weighted by molar-refractivity contribution is -0.125. The summed E-state index contributed by atoms with van der Waals surface area (Å²) in [5, 5.41) is 6.33. The van der Waals surface area contributed by atoms with Crippen LogP contribution >= 0.6 is 0 Å². The summed E-state index contributed by atoms with van der Waals surface area (Å²) in [6.45, 7) is 7.05. The van der Waals surface area contributed by atoms with Crippen LogP contribution in [0.3, 0.4) is 0 Å². The molecule has 2 saturated heterocycles. The van der Waals surface area contributed by atoms with Gasteiger partial charge in [-0.1, -0.05) is 0 Å². The first kappa shape index (κ1) is 10.9. The lowest BCUT2D eigenvalue weighted by Gasteiger charge is -2.34. The molecule has 2 aliphatic heterocycles. The molecule has 15 heavy (non-hydrogen) atoms. The molecule has 0 radical (unpaired) electrons. The first-order valence-corrected chi connectivity index (χ1v) is 5.96. The summed E-state index contributed by atoms with van der Waals surface area (Å²) >= 11 is 0. The molecule has 2 aliphatic rings. The Bertz CT molecular complexity index is 226. The van der Waals surface area contributed by atoms with E-state index in [1.165, 1.54) is 12.8 Å². The fourth-order valence-electron chi connectivity index (χ4n) is 2.59. The fraction of sp³-hybridized carbons (Fsp3) is 0.909. The van der Waals surface area contributed by atoms with Gasteiger partial charge in [0.05, 0.1) is 6.54 Å². The van der Waals surface area contributed by atoms with Crippen LogP contribution in [0.4, 0.5) is 0 Å². The van der Waals surface area contributed by atoms with Gasteiger partial charge in [-0.25, -0.2) is 0 Å². The molecule has 0 aliphatic carbocycles. The van der Waals surface area contributed by atoms with E-state index in [9.17, 15) is 4.79 Å². The highest BCUT2D eigenvalue weighted by Gasteiger charge is 2.24. The number of nitrogens with one attached hydrogen (secondary N) is 2. The third kappa shape index (κ3) is 3.18. The molecule has 0 aromatic rings. The SMILES string of the molecule is CC1CN(CC2CCNCC2)CC(=O)N1. The Balaban J connectivity index is 1.79. The van der Waals surface area contributed by atoms with E-state index in [-0.39, 0.29) is 5.91 Å². The van der Waals surface area contributed by atoms with Crippen molar-refractivity contribution in [3.63, 3.8) is 0 Å². The van der Waals surface area contributed by atoms with Crippen LogP contribution in [-0.2, 0) is 4.79 Å². The number of piperazine rings is 1. The van der Waals surface area contributed by atoms with Crippen molar-refractivity contribution < 1.29 is 4.79 Å². The van der Waals surface area contributed by atoms with E-state index in [0.717, 1.165) is 32.1 Å². The first-order valence-electron chi connectivity index (χ1n) is 5.96. The average molecular weight is 211 g/mol. The molecule has 0 saturated carbocycles. The highest BCUT2D eigenvalue weighted by Crippen LogP contribution is 2.14. The summed E-state index contributed by atoms with van der Waals surface area (Å²) in [4.78, 5) is 13.7. The second-order valence-electron chi connectivity index (χ2n) is 4.86. The molecule has 0 aromatic carbocycles. The minimum absolute atomic E-state index is 0.183. The predicted octanol–water partition coefficient (Wildman–Crippen LogP) is -0.194. The topological polar surface area (TPSA) is 44.4 Å². The summed E-state index contributed by atoms with van der Waals surface area (Å²) in [6, 6.07) is 0.313. The molecule has 4 nitrogen and oxygen atoms in total. The third-order valence-corrected chi connectivity index (χ3v) is 3.28. The van der Waals surface area contributed by atoms with Gasteiger partial charge in [0, 0.05) is 19.1 Å². The average Bonchev–Trinajstić information content (AvgIpc) is 2.17. The summed E-state index contributed by atoms with van der Waals surface area (Å²) in [5.74, 6) is 0.965. The molecule has 1 amide bonds. The zero-order valence-corrected chi connectivity index (χ0v) is 9.46. The number of nitrogens with zero attached hydrogens (tertiary/aromatic N) is 1. The number of hydrogen-bond donors (Lipinski definition) is 2. The quantitative estimate of drug-likeness (QED) is 0.665. The van der Waals surface area contributed by atoms with Crippen LogP contribution in [0.5, 0.6) is 0 Å². The van der Waals surface area contributed by atoms with Crippen molar-refractivity contribution in [2.45, 2.75) is 25.8 Å². The predicted molar refractivity (Wildman–Crippen MR) is 59.6 cm³/mol. The summed E-state index contributed by atoms with van der Waals surface area (Å²) in [6.07, 6.45) is 2.51.